The molecule has 1 fully saturated rings. The Morgan fingerprint density at radius 2 is 2.10 bits per heavy atom. The molecular formula is C13H14ClN3O4. The topological polar surface area (TPSA) is 101 Å². The largest absolute Gasteiger partial charge is 0.352 e. The van der Waals surface area contributed by atoms with Crippen molar-refractivity contribution in [2.75, 3.05) is 0 Å². The van der Waals surface area contributed by atoms with Crippen LogP contribution in [-0.4, -0.2) is 28.8 Å². The number of amides is 2. The van der Waals surface area contributed by atoms with E-state index < -0.39 is 16.9 Å². The summed E-state index contributed by atoms with van der Waals surface area (Å²) in [6.07, 6.45) is 1.92. The van der Waals surface area contributed by atoms with E-state index in [0.717, 1.165) is 18.9 Å². The molecular weight excluding hydrogens is 298 g/mol. The number of carbonyl (C=O) groups excluding carboxylic acids is 2. The van der Waals surface area contributed by atoms with Crippen LogP contribution in [0.25, 0.3) is 0 Å². The Morgan fingerprint density at radius 3 is 2.62 bits per heavy atom. The Balaban J connectivity index is 2.02. The second kappa shape index (κ2) is 6.09. The highest BCUT2D eigenvalue weighted by atomic mass is 35.5. The number of carbonyl (C=O) groups is 2. The van der Waals surface area contributed by atoms with Gasteiger partial charge in [-0.15, -0.1) is 0 Å². The van der Waals surface area contributed by atoms with Crippen molar-refractivity contribution in [3.05, 3.63) is 38.9 Å². The average Bonchev–Trinajstić information content (AvgIpc) is 3.21. The fourth-order valence-electron chi connectivity index (χ4n) is 1.70. The lowest BCUT2D eigenvalue weighted by Gasteiger charge is -2.14. The average molecular weight is 312 g/mol. The van der Waals surface area contributed by atoms with Crippen LogP contribution in [0, 0.1) is 10.1 Å². The molecule has 1 saturated carbocycles. The van der Waals surface area contributed by atoms with E-state index in [9.17, 15) is 19.7 Å². The quantitative estimate of drug-likeness (QED) is 0.637. The van der Waals surface area contributed by atoms with Crippen LogP contribution in [0.2, 0.25) is 5.02 Å². The summed E-state index contributed by atoms with van der Waals surface area (Å²) in [4.78, 5) is 33.8. The molecule has 0 bridgehead atoms. The zero-order valence-electron chi connectivity index (χ0n) is 11.3. The minimum absolute atomic E-state index is 0.0310. The number of benzene rings is 1. The smallest absolute Gasteiger partial charge is 0.270 e. The van der Waals surface area contributed by atoms with Crippen molar-refractivity contribution in [1.29, 1.82) is 0 Å². The van der Waals surface area contributed by atoms with Gasteiger partial charge >= 0.3 is 0 Å². The van der Waals surface area contributed by atoms with Gasteiger partial charge in [0.25, 0.3) is 11.6 Å². The van der Waals surface area contributed by atoms with Crippen LogP contribution in [0.15, 0.2) is 18.2 Å². The molecule has 8 heteroatoms. The van der Waals surface area contributed by atoms with E-state index in [4.69, 9.17) is 11.6 Å². The molecule has 1 aliphatic carbocycles. The molecule has 1 atom stereocenters. The van der Waals surface area contributed by atoms with E-state index in [0.29, 0.717) is 0 Å². The first-order valence-electron chi connectivity index (χ1n) is 6.43. The molecule has 1 aliphatic rings. The highest BCUT2D eigenvalue weighted by Gasteiger charge is 2.26. The van der Waals surface area contributed by atoms with Crippen molar-refractivity contribution in [3.63, 3.8) is 0 Å². The minimum atomic E-state index is -0.704. The van der Waals surface area contributed by atoms with Crippen LogP contribution in [0.1, 0.15) is 30.1 Å². The molecule has 21 heavy (non-hydrogen) atoms. The molecule has 0 saturated heterocycles. The molecule has 2 amide bonds. The first-order chi connectivity index (χ1) is 9.88. The Morgan fingerprint density at radius 1 is 1.43 bits per heavy atom. The number of non-ortho nitro benzene ring substituents is 1. The number of nitro benzene ring substituents is 1. The summed E-state index contributed by atoms with van der Waals surface area (Å²) in [5, 5.41) is 15.9. The molecule has 0 aromatic heterocycles. The van der Waals surface area contributed by atoms with E-state index in [-0.39, 0.29) is 28.2 Å². The fraction of sp³-hybridized carbons (Fsp3) is 0.385. The van der Waals surface area contributed by atoms with E-state index in [1.165, 1.54) is 12.1 Å². The van der Waals surface area contributed by atoms with Crippen LogP contribution >= 0.6 is 11.6 Å². The highest BCUT2D eigenvalue weighted by molar-refractivity contribution is 6.34. The maximum absolute atomic E-state index is 12.0. The second-order valence-electron chi connectivity index (χ2n) is 4.90. The number of hydrogen-bond acceptors (Lipinski definition) is 4. The van der Waals surface area contributed by atoms with Gasteiger partial charge < -0.3 is 10.6 Å². The second-order valence-corrected chi connectivity index (χ2v) is 5.31. The number of rotatable bonds is 5. The van der Waals surface area contributed by atoms with Crippen molar-refractivity contribution < 1.29 is 14.5 Å². The number of nitrogens with one attached hydrogen (secondary N) is 2. The van der Waals surface area contributed by atoms with E-state index in [1.807, 2.05) is 0 Å². The number of nitro groups is 1. The normalized spacial score (nSPS) is 15.1. The molecule has 1 aromatic carbocycles. The lowest BCUT2D eigenvalue weighted by Crippen LogP contribution is -2.45. The lowest BCUT2D eigenvalue weighted by molar-refractivity contribution is -0.384. The molecule has 1 unspecified atom stereocenters. The van der Waals surface area contributed by atoms with Gasteiger partial charge in [-0.05, 0) is 25.8 Å². The van der Waals surface area contributed by atoms with Gasteiger partial charge in [0.2, 0.25) is 5.91 Å². The Bertz CT molecular complexity index is 601. The van der Waals surface area contributed by atoms with Crippen molar-refractivity contribution in [2.45, 2.75) is 31.8 Å². The summed E-state index contributed by atoms with van der Waals surface area (Å²) < 4.78 is 0. The lowest BCUT2D eigenvalue weighted by atomic mass is 10.1. The van der Waals surface area contributed by atoms with Crippen LogP contribution in [0.3, 0.4) is 0 Å². The van der Waals surface area contributed by atoms with Crippen LogP contribution in [0.4, 0.5) is 5.69 Å². The fourth-order valence-corrected chi connectivity index (χ4v) is 1.96. The van der Waals surface area contributed by atoms with Crippen LogP contribution in [-0.2, 0) is 4.79 Å². The zero-order chi connectivity index (χ0) is 15.6. The maximum Gasteiger partial charge on any atom is 0.270 e. The summed E-state index contributed by atoms with van der Waals surface area (Å²) in [5.74, 6) is -0.808. The minimum Gasteiger partial charge on any atom is -0.352 e. The first-order valence-corrected chi connectivity index (χ1v) is 6.81. The van der Waals surface area contributed by atoms with Crippen LogP contribution < -0.4 is 10.6 Å². The Labute approximate surface area is 125 Å². The Kier molecular flexibility index (Phi) is 4.42. The molecule has 0 aliphatic heterocycles. The van der Waals surface area contributed by atoms with Gasteiger partial charge in [0.05, 0.1) is 15.5 Å². The SMILES string of the molecule is CC(NC(=O)c1ccc([N+](=O)[O-])cc1Cl)C(=O)NC1CC1. The number of hydrogen-bond donors (Lipinski definition) is 2. The van der Waals surface area contributed by atoms with Gasteiger partial charge in [0, 0.05) is 18.2 Å². The number of halogens is 1. The third-order valence-electron chi connectivity index (χ3n) is 3.07. The molecule has 7 nitrogen and oxygen atoms in total. The molecule has 1 aromatic rings. The predicted molar refractivity (Wildman–Crippen MR) is 76.2 cm³/mol. The molecule has 0 heterocycles. The van der Waals surface area contributed by atoms with Gasteiger partial charge in [-0.3, -0.25) is 19.7 Å². The standard InChI is InChI=1S/C13H14ClN3O4/c1-7(12(18)16-8-2-3-8)15-13(19)10-5-4-9(17(20)21)6-11(10)14/h4-8H,2-3H2,1H3,(H,15,19)(H,16,18). The van der Waals surface area contributed by atoms with Crippen molar-refractivity contribution in [3.8, 4) is 0 Å². The summed E-state index contributed by atoms with van der Waals surface area (Å²) in [7, 11) is 0. The molecule has 2 rings (SSSR count). The van der Waals surface area contributed by atoms with E-state index in [2.05, 4.69) is 10.6 Å². The molecule has 0 radical (unpaired) electrons. The van der Waals surface area contributed by atoms with Gasteiger partial charge in [-0.2, -0.15) is 0 Å². The van der Waals surface area contributed by atoms with E-state index >= 15 is 0 Å². The van der Waals surface area contributed by atoms with Gasteiger partial charge in [-0.25, -0.2) is 0 Å². The van der Waals surface area contributed by atoms with Gasteiger partial charge in [0.15, 0.2) is 0 Å². The first kappa shape index (κ1) is 15.2. The zero-order valence-corrected chi connectivity index (χ0v) is 12.0. The summed E-state index contributed by atoms with van der Waals surface area (Å²) in [6, 6.07) is 3.06. The molecule has 112 valence electrons. The van der Waals surface area contributed by atoms with Crippen LogP contribution in [0.5, 0.6) is 0 Å². The highest BCUT2D eigenvalue weighted by Crippen LogP contribution is 2.22. The summed E-state index contributed by atoms with van der Waals surface area (Å²) in [6.45, 7) is 1.56. The van der Waals surface area contributed by atoms with Crippen molar-refractivity contribution >= 4 is 29.1 Å². The van der Waals surface area contributed by atoms with E-state index in [1.54, 1.807) is 6.92 Å². The van der Waals surface area contributed by atoms with Gasteiger partial charge in [-0.1, -0.05) is 11.6 Å². The Hall–Kier alpha value is -2.15. The van der Waals surface area contributed by atoms with Crippen molar-refractivity contribution in [1.82, 2.24) is 10.6 Å². The third kappa shape index (κ3) is 3.91. The molecule has 0 spiro atoms. The monoisotopic (exact) mass is 311 g/mol. The summed E-state index contributed by atoms with van der Waals surface area (Å²) in [5.41, 5.74) is -0.107. The third-order valence-corrected chi connectivity index (χ3v) is 3.39. The van der Waals surface area contributed by atoms with Gasteiger partial charge in [0.1, 0.15) is 6.04 Å². The predicted octanol–water partition coefficient (Wildman–Crippen LogP) is 1.65. The maximum atomic E-state index is 12.0. The molecule has 2 N–H and O–H groups in total. The summed E-state index contributed by atoms with van der Waals surface area (Å²) >= 11 is 5.86. The number of nitrogens with zero attached hydrogens (tertiary/aromatic N) is 1. The van der Waals surface area contributed by atoms with Crippen molar-refractivity contribution in [2.24, 2.45) is 0 Å².